The lowest BCUT2D eigenvalue weighted by Crippen LogP contribution is -2.60. The highest BCUT2D eigenvalue weighted by molar-refractivity contribution is 5.76. The highest BCUT2D eigenvalue weighted by atomic mass is 16.7. The van der Waals surface area contributed by atoms with Gasteiger partial charge in [-0.25, -0.2) is 0 Å². The van der Waals surface area contributed by atoms with Crippen molar-refractivity contribution in [1.82, 2.24) is 5.32 Å². The number of rotatable bonds is 33. The average molecular weight is 740 g/mol. The van der Waals surface area contributed by atoms with Gasteiger partial charge in [0.25, 0.3) is 0 Å². The van der Waals surface area contributed by atoms with Gasteiger partial charge in [0, 0.05) is 6.42 Å². The Hall–Kier alpha value is -1.63. The van der Waals surface area contributed by atoms with Gasteiger partial charge in [-0.2, -0.15) is 0 Å². The van der Waals surface area contributed by atoms with Crippen molar-refractivity contribution in [2.75, 3.05) is 13.2 Å². The number of aliphatic hydroxyl groups is 6. The Kier molecular flexibility index (Phi) is 30.5. The molecule has 1 fully saturated rings. The van der Waals surface area contributed by atoms with E-state index in [1.165, 1.54) is 64.2 Å². The van der Waals surface area contributed by atoms with Gasteiger partial charge < -0.3 is 45.4 Å². The molecule has 10 nitrogen and oxygen atoms in total. The fraction of sp³-hybridized carbons (Fsp3) is 0.833. The number of hydrogen-bond acceptors (Lipinski definition) is 9. The van der Waals surface area contributed by atoms with Gasteiger partial charge >= 0.3 is 0 Å². The van der Waals surface area contributed by atoms with E-state index in [-0.39, 0.29) is 18.9 Å². The summed E-state index contributed by atoms with van der Waals surface area (Å²) in [6.45, 7) is 3.51. The molecule has 1 aliphatic rings. The van der Waals surface area contributed by atoms with Crippen LogP contribution in [-0.4, -0.2) is 98.7 Å². The van der Waals surface area contributed by atoms with Crippen LogP contribution in [0.5, 0.6) is 0 Å². The molecule has 0 spiro atoms. The minimum atomic E-state index is -1.61. The van der Waals surface area contributed by atoms with Gasteiger partial charge in [0.2, 0.25) is 5.91 Å². The Morgan fingerprint density at radius 1 is 0.673 bits per heavy atom. The number of amides is 1. The number of aliphatic hydroxyl groups excluding tert-OH is 6. The van der Waals surface area contributed by atoms with Crippen LogP contribution in [0.15, 0.2) is 36.5 Å². The normalized spacial score (nSPS) is 22.8. The van der Waals surface area contributed by atoms with E-state index >= 15 is 0 Å². The zero-order valence-electron chi connectivity index (χ0n) is 32.7. The van der Waals surface area contributed by atoms with Crippen LogP contribution >= 0.6 is 0 Å². The molecule has 0 aromatic heterocycles. The van der Waals surface area contributed by atoms with Crippen LogP contribution in [0.4, 0.5) is 0 Å². The lowest BCUT2D eigenvalue weighted by Gasteiger charge is -2.40. The van der Waals surface area contributed by atoms with Gasteiger partial charge in [-0.05, 0) is 32.1 Å². The Morgan fingerprint density at radius 2 is 1.19 bits per heavy atom. The Balaban J connectivity index is 2.48. The molecule has 0 aromatic carbocycles. The Labute approximate surface area is 315 Å². The summed E-state index contributed by atoms with van der Waals surface area (Å²) in [5.41, 5.74) is 0. The number of carbonyl (C=O) groups is 1. The molecule has 10 heteroatoms. The molecule has 1 aliphatic heterocycles. The van der Waals surface area contributed by atoms with Crippen molar-refractivity contribution in [1.29, 1.82) is 0 Å². The zero-order chi connectivity index (χ0) is 38.2. The first kappa shape index (κ1) is 48.4. The molecule has 304 valence electrons. The summed E-state index contributed by atoms with van der Waals surface area (Å²) in [6.07, 6.45) is 27.2. The molecule has 5 unspecified atom stereocenters. The molecule has 0 saturated carbocycles. The average Bonchev–Trinajstić information content (AvgIpc) is 3.14. The van der Waals surface area contributed by atoms with E-state index in [2.05, 4.69) is 55.6 Å². The largest absolute Gasteiger partial charge is 0.394 e. The monoisotopic (exact) mass is 740 g/mol. The second-order valence-corrected chi connectivity index (χ2v) is 14.6. The van der Waals surface area contributed by atoms with Crippen LogP contribution in [-0.2, 0) is 14.3 Å². The van der Waals surface area contributed by atoms with Crippen LogP contribution < -0.4 is 5.32 Å². The van der Waals surface area contributed by atoms with Crippen LogP contribution in [0, 0.1) is 0 Å². The summed E-state index contributed by atoms with van der Waals surface area (Å²) in [5.74, 6) is -0.280. The summed E-state index contributed by atoms with van der Waals surface area (Å²) in [7, 11) is 0. The van der Waals surface area contributed by atoms with Gasteiger partial charge in [-0.3, -0.25) is 4.79 Å². The van der Waals surface area contributed by atoms with Crippen molar-refractivity contribution in [2.24, 2.45) is 0 Å². The third-order valence-electron chi connectivity index (χ3n) is 9.90. The fourth-order valence-electron chi connectivity index (χ4n) is 6.42. The molecule has 52 heavy (non-hydrogen) atoms. The standard InChI is InChI=1S/C42H77NO9/c1-3-5-7-9-11-13-15-17-18-19-21-23-25-27-29-31-37(46)43-34(33-51-42-41(50)40(49)39(48)36(32-44)52-42)38(47)35(45)30-28-26-24-22-20-16-14-12-10-8-6-4-2/h9,11,13,15,17-18,34-36,38-42,44-45,47-50H,3-8,10,12,14,16,19-33H2,1-2H3,(H,43,46)/b11-9-,15-13+,18-17-/t34-,35+,36?,38-,39?,40?,41?,42?/m0/s1. The SMILES string of the molecule is CCCC\C=C/C=C/C=C\CCCCCCCC(=O)N[C@@H](COC1OC(CO)C(O)C(O)C1O)[C@H](O)[C@H](O)CCCCCCCCCCCCCC. The fourth-order valence-corrected chi connectivity index (χ4v) is 6.42. The first-order valence-corrected chi connectivity index (χ1v) is 20.8. The number of nitrogens with one attached hydrogen (secondary N) is 1. The van der Waals surface area contributed by atoms with Crippen LogP contribution in [0.3, 0.4) is 0 Å². The molecular weight excluding hydrogens is 662 g/mol. The number of ether oxygens (including phenoxy) is 2. The van der Waals surface area contributed by atoms with Gasteiger partial charge in [0.05, 0.1) is 25.4 Å². The molecule has 0 aliphatic carbocycles. The maximum atomic E-state index is 12.9. The topological polar surface area (TPSA) is 169 Å². The summed E-state index contributed by atoms with van der Waals surface area (Å²) in [4.78, 5) is 12.9. The Morgan fingerprint density at radius 3 is 1.77 bits per heavy atom. The van der Waals surface area contributed by atoms with Crippen molar-refractivity contribution in [3.63, 3.8) is 0 Å². The van der Waals surface area contributed by atoms with Crippen LogP contribution in [0.25, 0.3) is 0 Å². The van der Waals surface area contributed by atoms with Crippen molar-refractivity contribution in [2.45, 2.75) is 210 Å². The quantitative estimate of drug-likeness (QED) is 0.0287. The smallest absolute Gasteiger partial charge is 0.220 e. The van der Waals surface area contributed by atoms with E-state index in [4.69, 9.17) is 9.47 Å². The highest BCUT2D eigenvalue weighted by Crippen LogP contribution is 2.23. The summed E-state index contributed by atoms with van der Waals surface area (Å²) in [6, 6.07) is -1.00. The molecular formula is C42H77NO9. The maximum Gasteiger partial charge on any atom is 0.220 e. The third kappa shape index (κ3) is 23.2. The summed E-state index contributed by atoms with van der Waals surface area (Å²) >= 11 is 0. The van der Waals surface area contributed by atoms with Crippen LogP contribution in [0.1, 0.15) is 162 Å². The first-order valence-electron chi connectivity index (χ1n) is 20.8. The highest BCUT2D eigenvalue weighted by Gasteiger charge is 2.44. The minimum absolute atomic E-state index is 0.259. The lowest BCUT2D eigenvalue weighted by molar-refractivity contribution is -0.303. The minimum Gasteiger partial charge on any atom is -0.394 e. The molecule has 1 saturated heterocycles. The predicted octanol–water partition coefficient (Wildman–Crippen LogP) is 6.69. The molecule has 1 rings (SSSR count). The molecule has 0 radical (unpaired) electrons. The molecule has 8 atom stereocenters. The van der Waals surface area contributed by atoms with E-state index in [1.54, 1.807) is 0 Å². The Bertz CT molecular complexity index is 927. The molecule has 0 bridgehead atoms. The second kappa shape index (κ2) is 32.8. The van der Waals surface area contributed by atoms with E-state index in [0.29, 0.717) is 12.8 Å². The van der Waals surface area contributed by atoms with Crippen molar-refractivity contribution >= 4 is 5.91 Å². The lowest BCUT2D eigenvalue weighted by atomic mass is 9.98. The number of carbonyl (C=O) groups excluding carboxylic acids is 1. The zero-order valence-corrected chi connectivity index (χ0v) is 32.7. The summed E-state index contributed by atoms with van der Waals surface area (Å²) in [5, 5.41) is 64.9. The summed E-state index contributed by atoms with van der Waals surface area (Å²) < 4.78 is 11.1. The third-order valence-corrected chi connectivity index (χ3v) is 9.90. The molecule has 0 aromatic rings. The van der Waals surface area contributed by atoms with E-state index < -0.39 is 55.6 Å². The van der Waals surface area contributed by atoms with Gasteiger partial charge in [-0.15, -0.1) is 0 Å². The van der Waals surface area contributed by atoms with Gasteiger partial charge in [0.1, 0.15) is 30.5 Å². The van der Waals surface area contributed by atoms with Crippen molar-refractivity contribution in [3.05, 3.63) is 36.5 Å². The van der Waals surface area contributed by atoms with E-state index in [1.807, 2.05) is 0 Å². The van der Waals surface area contributed by atoms with Crippen molar-refractivity contribution < 1.29 is 44.9 Å². The molecule has 1 heterocycles. The van der Waals surface area contributed by atoms with Gasteiger partial charge in [-0.1, -0.05) is 159 Å². The number of hydrogen-bond donors (Lipinski definition) is 7. The first-order chi connectivity index (χ1) is 25.3. The van der Waals surface area contributed by atoms with E-state index in [9.17, 15) is 35.4 Å². The molecule has 7 N–H and O–H groups in total. The number of unbranched alkanes of at least 4 members (excludes halogenated alkanes) is 18. The van der Waals surface area contributed by atoms with Gasteiger partial charge in [0.15, 0.2) is 6.29 Å². The van der Waals surface area contributed by atoms with Crippen LogP contribution in [0.2, 0.25) is 0 Å². The molecule has 1 amide bonds. The maximum absolute atomic E-state index is 12.9. The van der Waals surface area contributed by atoms with Crippen molar-refractivity contribution in [3.8, 4) is 0 Å². The van der Waals surface area contributed by atoms with E-state index in [0.717, 1.165) is 64.2 Å². The number of allylic oxidation sites excluding steroid dienone is 6. The predicted molar refractivity (Wildman–Crippen MR) is 209 cm³/mol. The second-order valence-electron chi connectivity index (χ2n) is 14.6.